The molecule has 0 N–H and O–H groups in total. The van der Waals surface area contributed by atoms with Gasteiger partial charge in [-0.05, 0) is 0 Å². The molecule has 0 aromatic heterocycles. The van der Waals surface area contributed by atoms with Crippen LogP contribution in [0.3, 0.4) is 0 Å². The van der Waals surface area contributed by atoms with E-state index >= 15 is 0 Å². The van der Waals surface area contributed by atoms with Gasteiger partial charge in [-0.25, -0.2) is 0 Å². The van der Waals surface area contributed by atoms with Gasteiger partial charge in [-0.1, -0.05) is 0 Å². The topological polar surface area (TPSA) is 34.1 Å². The predicted octanol–water partition coefficient (Wildman–Crippen LogP) is -3.13. The Bertz CT molecular complexity index is 34.5. The Morgan fingerprint density at radius 1 is 1.40 bits per heavy atom. The van der Waals surface area contributed by atoms with Crippen LogP contribution in [0, 0.1) is 0 Å². The summed E-state index contributed by atoms with van der Waals surface area (Å²) in [4.78, 5) is 0. The zero-order valence-electron chi connectivity index (χ0n) is 3.65. The molecule has 0 aromatic rings. The molecule has 0 bridgehead atoms. The van der Waals surface area contributed by atoms with Gasteiger partial charge in [0.25, 0.3) is 0 Å². The van der Waals surface area contributed by atoms with Crippen LogP contribution in [0.4, 0.5) is 0 Å². The average Bonchev–Trinajstić information content (AvgIpc) is 0.918. The van der Waals surface area contributed by atoms with Crippen molar-refractivity contribution in [2.45, 2.75) is 0 Å². The summed E-state index contributed by atoms with van der Waals surface area (Å²) in [6.07, 6.45) is 0. The number of rotatable bonds is 0. The molecule has 0 atom stereocenters. The van der Waals surface area contributed by atoms with Crippen LogP contribution in [-0.2, 0) is 42.5 Å². The first-order valence-corrected chi connectivity index (χ1v) is 1.68. The molecule has 0 saturated heterocycles. The molecule has 0 aromatic carbocycles. The van der Waals surface area contributed by atoms with Crippen LogP contribution >= 0.6 is 0 Å². The van der Waals surface area contributed by atoms with Crippen molar-refractivity contribution < 1.29 is 62.8 Å². The van der Waals surface area contributed by atoms with Crippen molar-refractivity contribution in [1.82, 2.24) is 0 Å². The molecule has 0 amide bonds. The van der Waals surface area contributed by atoms with Crippen LogP contribution in [0.2, 0.25) is 0 Å². The molecule has 2 nitrogen and oxygen atoms in total. The molecule has 0 heterocycles. The van der Waals surface area contributed by atoms with Gasteiger partial charge < -0.3 is 1.43 Å². The Balaban J connectivity index is -0.00000000667. The molecule has 0 fully saturated rings. The fourth-order valence-corrected chi connectivity index (χ4v) is 0. The van der Waals surface area contributed by atoms with Gasteiger partial charge in [0.15, 0.2) is 0 Å². The van der Waals surface area contributed by atoms with E-state index < -0.39 is 19.1 Å². The van der Waals surface area contributed by atoms with Crippen molar-refractivity contribution >= 4 is 0 Å². The molecule has 5 heteroatoms. The standard InChI is InChI=1S/Co.Li.2O.Ti.H/q;+1;;;;-1. The zero-order chi connectivity index (χ0) is 2.71. The fraction of sp³-hybridized carbons (Fsp3) is 0. The molecule has 0 aliphatic carbocycles. The summed E-state index contributed by atoms with van der Waals surface area (Å²) >= 11 is -2.00. The summed E-state index contributed by atoms with van der Waals surface area (Å²) in [6, 6.07) is 0. The van der Waals surface area contributed by atoms with E-state index in [-0.39, 0.29) is 37.1 Å². The summed E-state index contributed by atoms with van der Waals surface area (Å²) in [5, 5.41) is 0. The van der Waals surface area contributed by atoms with Gasteiger partial charge in [0, 0.05) is 16.8 Å². The van der Waals surface area contributed by atoms with E-state index in [0.29, 0.717) is 0 Å². The van der Waals surface area contributed by atoms with E-state index in [2.05, 4.69) is 0 Å². The second-order valence-corrected chi connectivity index (χ2v) is 0.344. The second-order valence-electron chi connectivity index (χ2n) is 0.0833. The summed E-state index contributed by atoms with van der Waals surface area (Å²) in [5.74, 6) is 0. The van der Waals surface area contributed by atoms with Crippen molar-refractivity contribution in [3.05, 3.63) is 0 Å². The molecule has 0 rings (SSSR count). The van der Waals surface area contributed by atoms with Crippen LogP contribution in [0.5, 0.6) is 0 Å². The van der Waals surface area contributed by atoms with Crippen molar-refractivity contribution in [3.8, 4) is 0 Å². The van der Waals surface area contributed by atoms with E-state index in [1.54, 1.807) is 0 Å². The van der Waals surface area contributed by atoms with Crippen molar-refractivity contribution in [1.29, 1.82) is 0 Å². The molecule has 0 aliphatic rings. The Kier molecular flexibility index (Phi) is 58.3. The molecule has 5 heavy (non-hydrogen) atoms. The van der Waals surface area contributed by atoms with E-state index in [0.717, 1.165) is 0 Å². The summed E-state index contributed by atoms with van der Waals surface area (Å²) in [6.45, 7) is 0. The normalized spacial score (nSPS) is 1.60. The molecule has 0 spiro atoms. The summed E-state index contributed by atoms with van der Waals surface area (Å²) < 4.78 is 17.0. The minimum atomic E-state index is -2.00. The average molecular weight is 147 g/mol. The van der Waals surface area contributed by atoms with Gasteiger partial charge >= 0.3 is 44.6 Å². The van der Waals surface area contributed by atoms with Crippen LogP contribution < -0.4 is 18.9 Å². The van der Waals surface area contributed by atoms with Crippen molar-refractivity contribution in [3.63, 3.8) is 0 Å². The maximum absolute atomic E-state index is 8.50. The van der Waals surface area contributed by atoms with Gasteiger partial charge in [0.1, 0.15) is 0 Å². The quantitative estimate of drug-likeness (QED) is 0.339. The Hall–Kier alpha value is 1.42. The first-order chi connectivity index (χ1) is 1.41. The van der Waals surface area contributed by atoms with Crippen LogP contribution in [-0.4, -0.2) is 0 Å². The molecule has 1 radical (unpaired) electrons. The Morgan fingerprint density at radius 3 is 1.40 bits per heavy atom. The first kappa shape index (κ1) is 16.1. The third-order valence-corrected chi connectivity index (χ3v) is 0. The zero-order valence-corrected chi connectivity index (χ0v) is 5.25. The fourth-order valence-electron chi connectivity index (χ4n) is 0. The van der Waals surface area contributed by atoms with Crippen molar-refractivity contribution in [2.24, 2.45) is 0 Å². The SMILES string of the molecule is [Co].[H-].[Li+].[O]=[Ti]=[O]. The molecule has 0 unspecified atom stereocenters. The number of hydrogen-bond acceptors (Lipinski definition) is 2. The van der Waals surface area contributed by atoms with Gasteiger partial charge in [-0.15, -0.1) is 0 Å². The monoisotopic (exact) mass is 147 g/mol. The van der Waals surface area contributed by atoms with Gasteiger partial charge in [0.05, 0.1) is 0 Å². The Morgan fingerprint density at radius 2 is 1.40 bits per heavy atom. The van der Waals surface area contributed by atoms with Gasteiger partial charge in [-0.3, -0.25) is 0 Å². The van der Waals surface area contributed by atoms with E-state index in [1.165, 1.54) is 0 Å². The summed E-state index contributed by atoms with van der Waals surface area (Å²) in [7, 11) is 0. The van der Waals surface area contributed by atoms with Gasteiger partial charge in [0.2, 0.25) is 0 Å². The van der Waals surface area contributed by atoms with E-state index in [1.807, 2.05) is 0 Å². The summed E-state index contributed by atoms with van der Waals surface area (Å²) in [5.41, 5.74) is 0. The van der Waals surface area contributed by atoms with E-state index in [4.69, 9.17) is 6.65 Å². The van der Waals surface area contributed by atoms with E-state index in [9.17, 15) is 0 Å². The predicted molar refractivity (Wildman–Crippen MR) is 2.49 cm³/mol. The minimum absolute atomic E-state index is 0. The molecular formula is HCoLiO2Ti. The molecule has 0 aliphatic heterocycles. The van der Waals surface area contributed by atoms with Crippen LogP contribution in [0.1, 0.15) is 1.43 Å². The van der Waals surface area contributed by atoms with Crippen LogP contribution in [0.15, 0.2) is 0 Å². The van der Waals surface area contributed by atoms with Crippen molar-refractivity contribution in [2.75, 3.05) is 0 Å². The third-order valence-electron chi connectivity index (χ3n) is 0. The second kappa shape index (κ2) is 18.1. The molecule has 27 valence electrons. The van der Waals surface area contributed by atoms with Gasteiger partial charge in [-0.2, -0.15) is 0 Å². The Labute approximate surface area is 62.5 Å². The molecule has 0 saturated carbocycles. The van der Waals surface area contributed by atoms with Crippen LogP contribution in [0.25, 0.3) is 0 Å². The molecular weight excluding hydrogens is 146 g/mol. The maximum atomic E-state index is 8.50. The number of hydrogen-bond donors (Lipinski definition) is 0. The first-order valence-electron chi connectivity index (χ1n) is 0.408. The third kappa shape index (κ3) is 31.5.